The molecule has 1 fully saturated rings. The summed E-state index contributed by atoms with van der Waals surface area (Å²) in [5, 5.41) is 3.27. The van der Waals surface area contributed by atoms with Crippen molar-refractivity contribution in [3.05, 3.63) is 17.6 Å². The monoisotopic (exact) mass is 223 g/mol. The maximum absolute atomic E-state index is 4.60. The first-order valence-corrected chi connectivity index (χ1v) is 6.83. The molecule has 0 saturated heterocycles. The molecule has 0 aliphatic heterocycles. The maximum atomic E-state index is 4.60. The molecule has 1 N–H and O–H groups in total. The van der Waals surface area contributed by atoms with Crippen molar-refractivity contribution in [3.8, 4) is 0 Å². The zero-order chi connectivity index (χ0) is 10.7. The van der Waals surface area contributed by atoms with Crippen molar-refractivity contribution in [1.29, 1.82) is 0 Å². The minimum atomic E-state index is 0.700. The number of rotatable bonds is 5. The molecule has 0 unspecified atom stereocenters. The molecule has 0 radical (unpaired) electrons. The number of thioether (sulfide) groups is 1. The Morgan fingerprint density at radius 3 is 2.87 bits per heavy atom. The number of aromatic nitrogens is 2. The van der Waals surface area contributed by atoms with Gasteiger partial charge in [0.2, 0.25) is 0 Å². The van der Waals surface area contributed by atoms with Gasteiger partial charge in [0.05, 0.1) is 5.75 Å². The Balaban J connectivity index is 2.21. The molecule has 0 amide bonds. The van der Waals surface area contributed by atoms with Crippen molar-refractivity contribution in [2.45, 2.75) is 31.4 Å². The van der Waals surface area contributed by atoms with Gasteiger partial charge in [-0.05, 0) is 26.0 Å². The van der Waals surface area contributed by atoms with E-state index < -0.39 is 0 Å². The molecule has 82 valence electrons. The van der Waals surface area contributed by atoms with Crippen LogP contribution in [-0.4, -0.2) is 22.8 Å². The van der Waals surface area contributed by atoms with Crippen LogP contribution in [0.4, 0.5) is 5.82 Å². The van der Waals surface area contributed by atoms with E-state index in [0.29, 0.717) is 5.92 Å². The number of nitrogens with zero attached hydrogens (tertiary/aromatic N) is 2. The lowest BCUT2D eigenvalue weighted by molar-refractivity contribution is 0.929. The fourth-order valence-electron chi connectivity index (χ4n) is 1.57. The molecule has 1 aliphatic carbocycles. The summed E-state index contributed by atoms with van der Waals surface area (Å²) in [6.45, 7) is 3.01. The third-order valence-corrected chi connectivity index (χ3v) is 2.97. The van der Waals surface area contributed by atoms with Crippen LogP contribution in [0.3, 0.4) is 0 Å². The smallest absolute Gasteiger partial charge is 0.140 e. The highest BCUT2D eigenvalue weighted by molar-refractivity contribution is 7.97. The van der Waals surface area contributed by atoms with Gasteiger partial charge in [-0.3, -0.25) is 0 Å². The molecule has 0 aromatic carbocycles. The second-order valence-electron chi connectivity index (χ2n) is 3.83. The van der Waals surface area contributed by atoms with E-state index >= 15 is 0 Å². The Morgan fingerprint density at radius 1 is 1.47 bits per heavy atom. The minimum Gasteiger partial charge on any atom is -0.370 e. The van der Waals surface area contributed by atoms with Crippen LogP contribution in [0.1, 0.15) is 37.2 Å². The molecular weight excluding hydrogens is 206 g/mol. The largest absolute Gasteiger partial charge is 0.370 e. The first kappa shape index (κ1) is 10.7. The summed E-state index contributed by atoms with van der Waals surface area (Å²) < 4.78 is 0. The van der Waals surface area contributed by atoms with Crippen LogP contribution < -0.4 is 5.32 Å². The van der Waals surface area contributed by atoms with Gasteiger partial charge in [-0.1, -0.05) is 0 Å². The van der Waals surface area contributed by atoms with Gasteiger partial charge in [0.15, 0.2) is 0 Å². The zero-order valence-electron chi connectivity index (χ0n) is 9.29. The van der Waals surface area contributed by atoms with Crippen molar-refractivity contribution < 1.29 is 0 Å². The van der Waals surface area contributed by atoms with Gasteiger partial charge in [-0.25, -0.2) is 9.97 Å². The second-order valence-corrected chi connectivity index (χ2v) is 4.70. The summed E-state index contributed by atoms with van der Waals surface area (Å²) in [6.07, 6.45) is 4.67. The molecule has 1 aromatic heterocycles. The molecule has 1 saturated carbocycles. The SMILES string of the molecule is CCNc1cc(C2CC2)nc(CSC)n1. The topological polar surface area (TPSA) is 37.8 Å². The average Bonchev–Trinajstić information content (AvgIpc) is 3.01. The summed E-state index contributed by atoms with van der Waals surface area (Å²) in [4.78, 5) is 9.08. The number of hydrogen-bond acceptors (Lipinski definition) is 4. The third-order valence-electron chi connectivity index (χ3n) is 2.42. The van der Waals surface area contributed by atoms with Crippen molar-refractivity contribution in [1.82, 2.24) is 9.97 Å². The fourth-order valence-corrected chi connectivity index (χ4v) is 1.96. The average molecular weight is 223 g/mol. The molecule has 1 aliphatic rings. The van der Waals surface area contributed by atoms with Crippen LogP contribution in [0.25, 0.3) is 0 Å². The quantitative estimate of drug-likeness (QED) is 0.832. The minimum absolute atomic E-state index is 0.700. The van der Waals surface area contributed by atoms with Crippen LogP contribution in [0.15, 0.2) is 6.07 Å². The van der Waals surface area contributed by atoms with E-state index in [0.717, 1.165) is 23.9 Å². The van der Waals surface area contributed by atoms with Gasteiger partial charge >= 0.3 is 0 Å². The summed E-state index contributed by atoms with van der Waals surface area (Å²) >= 11 is 1.77. The molecule has 0 atom stereocenters. The van der Waals surface area contributed by atoms with Gasteiger partial charge in [0.1, 0.15) is 11.6 Å². The van der Waals surface area contributed by atoms with Crippen LogP contribution in [0.2, 0.25) is 0 Å². The highest BCUT2D eigenvalue weighted by atomic mass is 32.2. The van der Waals surface area contributed by atoms with E-state index in [2.05, 4.69) is 34.5 Å². The van der Waals surface area contributed by atoms with Gasteiger partial charge in [0.25, 0.3) is 0 Å². The highest BCUT2D eigenvalue weighted by Gasteiger charge is 2.25. The highest BCUT2D eigenvalue weighted by Crippen LogP contribution is 2.39. The zero-order valence-corrected chi connectivity index (χ0v) is 10.1. The van der Waals surface area contributed by atoms with E-state index in [-0.39, 0.29) is 0 Å². The second kappa shape index (κ2) is 4.84. The predicted molar refractivity (Wildman–Crippen MR) is 65.4 cm³/mol. The molecule has 4 heteroatoms. The first-order valence-electron chi connectivity index (χ1n) is 5.44. The molecule has 15 heavy (non-hydrogen) atoms. The van der Waals surface area contributed by atoms with Crippen LogP contribution in [0, 0.1) is 0 Å². The fraction of sp³-hybridized carbons (Fsp3) is 0.636. The van der Waals surface area contributed by atoms with Gasteiger partial charge in [-0.15, -0.1) is 0 Å². The van der Waals surface area contributed by atoms with Crippen molar-refractivity contribution in [2.24, 2.45) is 0 Å². The first-order chi connectivity index (χ1) is 7.33. The van der Waals surface area contributed by atoms with Crippen molar-refractivity contribution in [3.63, 3.8) is 0 Å². The van der Waals surface area contributed by atoms with Gasteiger partial charge in [0, 0.05) is 24.2 Å². The summed E-state index contributed by atoms with van der Waals surface area (Å²) in [7, 11) is 0. The molecule has 1 aromatic rings. The Hall–Kier alpha value is -0.770. The summed E-state index contributed by atoms with van der Waals surface area (Å²) in [5.74, 6) is 3.55. The predicted octanol–water partition coefficient (Wildman–Crippen LogP) is 2.65. The standard InChI is InChI=1S/C11H17N3S/c1-3-12-10-6-9(8-4-5-8)13-11(14-10)7-15-2/h6,8H,3-5,7H2,1-2H3,(H,12,13,14). The Labute approximate surface area is 95.1 Å². The van der Waals surface area contributed by atoms with E-state index in [1.807, 2.05) is 0 Å². The van der Waals surface area contributed by atoms with Gasteiger partial charge < -0.3 is 5.32 Å². The van der Waals surface area contributed by atoms with Gasteiger partial charge in [-0.2, -0.15) is 11.8 Å². The maximum Gasteiger partial charge on any atom is 0.140 e. The lowest BCUT2D eigenvalue weighted by Gasteiger charge is -2.07. The van der Waals surface area contributed by atoms with Crippen LogP contribution in [0.5, 0.6) is 0 Å². The Kier molecular flexibility index (Phi) is 3.46. The molecule has 2 rings (SSSR count). The molecule has 3 nitrogen and oxygen atoms in total. The Bertz CT molecular complexity index is 312. The van der Waals surface area contributed by atoms with Crippen LogP contribution >= 0.6 is 11.8 Å². The van der Waals surface area contributed by atoms with E-state index in [4.69, 9.17) is 0 Å². The van der Waals surface area contributed by atoms with E-state index in [9.17, 15) is 0 Å². The van der Waals surface area contributed by atoms with Crippen molar-refractivity contribution >= 4 is 17.6 Å². The molecule has 0 bridgehead atoms. The number of nitrogens with one attached hydrogen (secondary N) is 1. The number of anilines is 1. The third kappa shape index (κ3) is 2.84. The Morgan fingerprint density at radius 2 is 2.27 bits per heavy atom. The molecule has 0 spiro atoms. The van der Waals surface area contributed by atoms with Crippen molar-refractivity contribution in [2.75, 3.05) is 18.1 Å². The molecule has 1 heterocycles. The van der Waals surface area contributed by atoms with E-state index in [1.54, 1.807) is 11.8 Å². The molecular formula is C11H17N3S. The van der Waals surface area contributed by atoms with E-state index in [1.165, 1.54) is 18.5 Å². The summed E-state index contributed by atoms with van der Waals surface area (Å²) in [5.41, 5.74) is 1.23. The normalized spacial score (nSPS) is 15.3. The van der Waals surface area contributed by atoms with Crippen LogP contribution in [-0.2, 0) is 5.75 Å². The summed E-state index contributed by atoms with van der Waals surface area (Å²) in [6, 6.07) is 2.10. The lowest BCUT2D eigenvalue weighted by Crippen LogP contribution is -2.05. The lowest BCUT2D eigenvalue weighted by atomic mass is 10.2. The number of hydrogen-bond donors (Lipinski definition) is 1.